The van der Waals surface area contributed by atoms with Crippen molar-refractivity contribution in [2.75, 3.05) is 6.61 Å². The fourth-order valence-corrected chi connectivity index (χ4v) is 2.26. The zero-order valence-electron chi connectivity index (χ0n) is 12.8. The van der Waals surface area contributed by atoms with Crippen LogP contribution in [-0.4, -0.2) is 32.7 Å². The van der Waals surface area contributed by atoms with E-state index in [1.54, 1.807) is 11.3 Å². The van der Waals surface area contributed by atoms with Crippen LogP contribution >= 0.6 is 0 Å². The van der Waals surface area contributed by atoms with Gasteiger partial charge in [0, 0.05) is 6.20 Å². The molecule has 0 amide bonds. The second kappa shape index (κ2) is 6.26. The highest BCUT2D eigenvalue weighted by molar-refractivity contribution is 5.88. The lowest BCUT2D eigenvalue weighted by Crippen LogP contribution is -2.18. The molecule has 2 rings (SSSR count). The summed E-state index contributed by atoms with van der Waals surface area (Å²) in [6.07, 6.45) is 5.91. The Labute approximate surface area is 124 Å². The van der Waals surface area contributed by atoms with Gasteiger partial charge in [-0.25, -0.2) is 9.78 Å². The summed E-state index contributed by atoms with van der Waals surface area (Å²) >= 11 is 0. The summed E-state index contributed by atoms with van der Waals surface area (Å²) in [5, 5.41) is 9.71. The second-order valence-corrected chi connectivity index (χ2v) is 5.79. The molecule has 0 aliphatic carbocycles. The van der Waals surface area contributed by atoms with E-state index < -0.39 is 5.60 Å². The number of aromatic nitrogens is 2. The first-order chi connectivity index (χ1) is 9.90. The Balaban J connectivity index is 2.11. The van der Waals surface area contributed by atoms with Gasteiger partial charge >= 0.3 is 5.97 Å². The first-order valence-corrected chi connectivity index (χ1v) is 7.26. The first-order valence-electron chi connectivity index (χ1n) is 7.26. The van der Waals surface area contributed by atoms with E-state index in [9.17, 15) is 9.90 Å². The average molecular weight is 290 g/mol. The zero-order chi connectivity index (χ0) is 15.5. The summed E-state index contributed by atoms with van der Waals surface area (Å²) < 4.78 is 6.73. The van der Waals surface area contributed by atoms with Gasteiger partial charge < -0.3 is 9.84 Å². The number of ether oxygens (including phenoxy) is 1. The van der Waals surface area contributed by atoms with Gasteiger partial charge in [0.2, 0.25) is 0 Å². The topological polar surface area (TPSA) is 63.8 Å². The maximum atomic E-state index is 11.8. The van der Waals surface area contributed by atoms with E-state index in [4.69, 9.17) is 4.74 Å². The van der Waals surface area contributed by atoms with Gasteiger partial charge in [-0.3, -0.25) is 4.40 Å². The molecule has 0 spiro atoms. The van der Waals surface area contributed by atoms with Crippen molar-refractivity contribution in [1.29, 1.82) is 0 Å². The summed E-state index contributed by atoms with van der Waals surface area (Å²) in [4.78, 5) is 16.0. The largest absolute Gasteiger partial charge is 0.461 e. The van der Waals surface area contributed by atoms with Crippen molar-refractivity contribution in [3.8, 4) is 0 Å². The number of carbonyl (C=O) groups excluding carboxylic acids is 1. The molecule has 2 heterocycles. The standard InChI is InChI=1S/C16H22N2O3/c1-4-21-15(19)13-11-17-14-10-12(7-9-18(13)14)6-5-8-16(2,3)20/h7,9-11,20H,4-6,8H2,1-3H3. The highest BCUT2D eigenvalue weighted by Gasteiger charge is 2.14. The van der Waals surface area contributed by atoms with Crippen LogP contribution in [0.2, 0.25) is 0 Å². The number of pyridine rings is 1. The van der Waals surface area contributed by atoms with Gasteiger partial charge in [0.05, 0.1) is 18.4 Å². The minimum absolute atomic E-state index is 0.348. The quantitative estimate of drug-likeness (QED) is 0.831. The Morgan fingerprint density at radius 3 is 2.90 bits per heavy atom. The molecule has 0 unspecified atom stereocenters. The third-order valence-corrected chi connectivity index (χ3v) is 3.32. The number of aliphatic hydroxyl groups is 1. The number of fused-ring (bicyclic) bond motifs is 1. The van der Waals surface area contributed by atoms with Crippen molar-refractivity contribution in [2.45, 2.75) is 45.6 Å². The van der Waals surface area contributed by atoms with Gasteiger partial charge in [-0.1, -0.05) is 0 Å². The molecule has 114 valence electrons. The molecule has 2 aromatic heterocycles. The van der Waals surface area contributed by atoms with Gasteiger partial charge in [0.25, 0.3) is 0 Å². The van der Waals surface area contributed by atoms with Crippen molar-refractivity contribution >= 4 is 11.6 Å². The van der Waals surface area contributed by atoms with Gasteiger partial charge in [-0.2, -0.15) is 0 Å². The van der Waals surface area contributed by atoms with Crippen molar-refractivity contribution in [3.05, 3.63) is 35.8 Å². The molecule has 21 heavy (non-hydrogen) atoms. The molecule has 0 radical (unpaired) electrons. The minimum atomic E-state index is -0.630. The number of esters is 1. The van der Waals surface area contributed by atoms with E-state index in [1.807, 2.05) is 32.2 Å². The molecule has 0 fully saturated rings. The lowest BCUT2D eigenvalue weighted by molar-refractivity contribution is 0.0518. The summed E-state index contributed by atoms with van der Waals surface area (Å²) in [7, 11) is 0. The molecule has 0 aliphatic rings. The Morgan fingerprint density at radius 1 is 1.48 bits per heavy atom. The Morgan fingerprint density at radius 2 is 2.24 bits per heavy atom. The van der Waals surface area contributed by atoms with Crippen LogP contribution < -0.4 is 0 Å². The third kappa shape index (κ3) is 4.04. The van der Waals surface area contributed by atoms with E-state index in [0.29, 0.717) is 12.3 Å². The molecule has 2 aromatic rings. The summed E-state index contributed by atoms with van der Waals surface area (Å²) in [5.74, 6) is -0.361. The molecule has 0 aliphatic heterocycles. The monoisotopic (exact) mass is 290 g/mol. The van der Waals surface area contributed by atoms with Crippen LogP contribution in [0.4, 0.5) is 0 Å². The van der Waals surface area contributed by atoms with Crippen molar-refractivity contribution in [1.82, 2.24) is 9.38 Å². The normalized spacial score (nSPS) is 11.8. The summed E-state index contributed by atoms with van der Waals surface area (Å²) in [6, 6.07) is 3.94. The number of nitrogens with zero attached hydrogens (tertiary/aromatic N) is 2. The molecule has 5 heteroatoms. The van der Waals surface area contributed by atoms with Crippen LogP contribution in [0, 0.1) is 0 Å². The van der Waals surface area contributed by atoms with E-state index in [2.05, 4.69) is 4.98 Å². The van der Waals surface area contributed by atoms with Gasteiger partial charge in [0.1, 0.15) is 5.65 Å². The molecular weight excluding hydrogens is 268 g/mol. The first kappa shape index (κ1) is 15.5. The SMILES string of the molecule is CCOC(=O)c1cnc2cc(CCCC(C)(C)O)ccn12. The third-order valence-electron chi connectivity index (χ3n) is 3.32. The minimum Gasteiger partial charge on any atom is -0.461 e. The zero-order valence-corrected chi connectivity index (χ0v) is 12.8. The Hall–Kier alpha value is -1.88. The Kier molecular flexibility index (Phi) is 4.63. The van der Waals surface area contributed by atoms with Crippen molar-refractivity contribution < 1.29 is 14.6 Å². The average Bonchev–Trinajstić information content (AvgIpc) is 2.80. The van der Waals surface area contributed by atoms with Crippen LogP contribution in [0.25, 0.3) is 5.65 Å². The molecule has 0 bridgehead atoms. The van der Waals surface area contributed by atoms with Gasteiger partial charge in [0.15, 0.2) is 5.69 Å². The van der Waals surface area contributed by atoms with Crippen LogP contribution in [0.5, 0.6) is 0 Å². The maximum Gasteiger partial charge on any atom is 0.356 e. The fraction of sp³-hybridized carbons (Fsp3) is 0.500. The maximum absolute atomic E-state index is 11.8. The Bertz CT molecular complexity index is 626. The number of carbonyl (C=O) groups is 1. The van der Waals surface area contributed by atoms with Crippen LogP contribution in [0.1, 0.15) is 49.7 Å². The van der Waals surface area contributed by atoms with Crippen LogP contribution in [0.3, 0.4) is 0 Å². The van der Waals surface area contributed by atoms with Gasteiger partial charge in [-0.15, -0.1) is 0 Å². The molecule has 1 N–H and O–H groups in total. The highest BCUT2D eigenvalue weighted by atomic mass is 16.5. The molecule has 5 nitrogen and oxygen atoms in total. The number of rotatable bonds is 6. The van der Waals surface area contributed by atoms with Crippen molar-refractivity contribution in [2.24, 2.45) is 0 Å². The lowest BCUT2D eigenvalue weighted by Gasteiger charge is -2.16. The second-order valence-electron chi connectivity index (χ2n) is 5.79. The number of imidazole rings is 1. The summed E-state index contributed by atoms with van der Waals surface area (Å²) in [6.45, 7) is 5.76. The van der Waals surface area contributed by atoms with E-state index in [-0.39, 0.29) is 5.97 Å². The van der Waals surface area contributed by atoms with E-state index in [0.717, 1.165) is 30.5 Å². The molecule has 0 saturated heterocycles. The van der Waals surface area contributed by atoms with E-state index >= 15 is 0 Å². The predicted molar refractivity (Wildman–Crippen MR) is 80.4 cm³/mol. The highest BCUT2D eigenvalue weighted by Crippen LogP contribution is 2.16. The fourth-order valence-electron chi connectivity index (χ4n) is 2.26. The molecule has 0 aromatic carbocycles. The van der Waals surface area contributed by atoms with Crippen LogP contribution in [-0.2, 0) is 11.2 Å². The van der Waals surface area contributed by atoms with E-state index in [1.165, 1.54) is 6.20 Å². The molecule has 0 atom stereocenters. The number of hydrogen-bond donors (Lipinski definition) is 1. The predicted octanol–water partition coefficient (Wildman–Crippen LogP) is 2.60. The summed E-state index contributed by atoms with van der Waals surface area (Å²) in [5.41, 5.74) is 1.69. The van der Waals surface area contributed by atoms with Crippen molar-refractivity contribution in [3.63, 3.8) is 0 Å². The molecule has 0 saturated carbocycles. The lowest BCUT2D eigenvalue weighted by atomic mass is 9.99. The van der Waals surface area contributed by atoms with Crippen LogP contribution in [0.15, 0.2) is 24.5 Å². The number of aryl methyl sites for hydroxylation is 1. The smallest absolute Gasteiger partial charge is 0.356 e. The molecular formula is C16H22N2O3. The van der Waals surface area contributed by atoms with Gasteiger partial charge in [-0.05, 0) is 57.7 Å². The number of hydrogen-bond acceptors (Lipinski definition) is 4.